The standard InChI is InChI=1S/C9H6BrClN2O2/c10-4-1-5-7(3-14)12-13-9(15)8(5)6(11)2-4/h1-2,14H,3H2,(H,13,15). The van der Waals surface area contributed by atoms with E-state index in [0.717, 1.165) is 4.47 Å². The van der Waals surface area contributed by atoms with E-state index in [4.69, 9.17) is 16.7 Å². The lowest BCUT2D eigenvalue weighted by Crippen LogP contribution is -2.11. The molecule has 0 aliphatic rings. The predicted molar refractivity (Wildman–Crippen MR) is 61.0 cm³/mol. The first-order valence-corrected chi connectivity index (χ1v) is 5.27. The van der Waals surface area contributed by atoms with Crippen molar-refractivity contribution in [1.29, 1.82) is 0 Å². The number of aromatic nitrogens is 2. The van der Waals surface area contributed by atoms with Gasteiger partial charge in [-0.05, 0) is 12.1 Å². The minimum atomic E-state index is -0.361. The third-order valence-corrected chi connectivity index (χ3v) is 2.79. The van der Waals surface area contributed by atoms with Crippen molar-refractivity contribution in [2.75, 3.05) is 0 Å². The van der Waals surface area contributed by atoms with Gasteiger partial charge in [0.15, 0.2) is 0 Å². The number of rotatable bonds is 1. The lowest BCUT2D eigenvalue weighted by Gasteiger charge is -2.04. The molecule has 1 heterocycles. The Balaban J connectivity index is 3.00. The molecule has 0 saturated heterocycles. The Kier molecular flexibility index (Phi) is 2.77. The van der Waals surface area contributed by atoms with Crippen molar-refractivity contribution in [3.63, 3.8) is 0 Å². The van der Waals surface area contributed by atoms with E-state index in [0.29, 0.717) is 21.5 Å². The Morgan fingerprint density at radius 3 is 2.93 bits per heavy atom. The van der Waals surface area contributed by atoms with E-state index in [1.54, 1.807) is 12.1 Å². The second kappa shape index (κ2) is 3.92. The summed E-state index contributed by atoms with van der Waals surface area (Å²) < 4.78 is 0.738. The van der Waals surface area contributed by atoms with Gasteiger partial charge in [0.1, 0.15) is 0 Å². The van der Waals surface area contributed by atoms with E-state index in [2.05, 4.69) is 26.1 Å². The molecule has 4 nitrogen and oxygen atoms in total. The number of H-pyrrole nitrogens is 1. The summed E-state index contributed by atoms with van der Waals surface area (Å²) in [5.74, 6) is 0. The minimum absolute atomic E-state index is 0.250. The lowest BCUT2D eigenvalue weighted by atomic mass is 10.1. The lowest BCUT2D eigenvalue weighted by molar-refractivity contribution is 0.277. The Bertz CT molecular complexity index is 582. The molecule has 0 saturated carbocycles. The molecule has 6 heteroatoms. The molecule has 0 aliphatic carbocycles. The van der Waals surface area contributed by atoms with Gasteiger partial charge in [0.05, 0.1) is 22.7 Å². The number of halogens is 2. The van der Waals surface area contributed by atoms with Crippen molar-refractivity contribution in [3.8, 4) is 0 Å². The molecule has 1 aromatic carbocycles. The number of benzene rings is 1. The fourth-order valence-corrected chi connectivity index (χ4v) is 2.28. The number of fused-ring (bicyclic) bond motifs is 1. The summed E-state index contributed by atoms with van der Waals surface area (Å²) in [6.07, 6.45) is 0. The van der Waals surface area contributed by atoms with Gasteiger partial charge in [0.2, 0.25) is 0 Å². The van der Waals surface area contributed by atoms with Crippen molar-refractivity contribution in [2.45, 2.75) is 6.61 Å². The van der Waals surface area contributed by atoms with Crippen LogP contribution in [0.5, 0.6) is 0 Å². The molecule has 1 aromatic heterocycles. The van der Waals surface area contributed by atoms with Crippen LogP contribution in [-0.4, -0.2) is 15.3 Å². The summed E-state index contributed by atoms with van der Waals surface area (Å²) in [5, 5.41) is 16.3. The third-order valence-electron chi connectivity index (χ3n) is 2.04. The largest absolute Gasteiger partial charge is 0.390 e. The van der Waals surface area contributed by atoms with Gasteiger partial charge in [-0.25, -0.2) is 5.10 Å². The van der Waals surface area contributed by atoms with Gasteiger partial charge >= 0.3 is 0 Å². The van der Waals surface area contributed by atoms with Crippen molar-refractivity contribution >= 4 is 38.3 Å². The maximum Gasteiger partial charge on any atom is 0.273 e. The molecule has 0 unspecified atom stereocenters. The van der Waals surface area contributed by atoms with Crippen LogP contribution in [0.15, 0.2) is 21.4 Å². The molecule has 2 N–H and O–H groups in total. The van der Waals surface area contributed by atoms with Crippen molar-refractivity contribution in [2.24, 2.45) is 0 Å². The van der Waals surface area contributed by atoms with Crippen molar-refractivity contribution in [1.82, 2.24) is 10.2 Å². The van der Waals surface area contributed by atoms with Gasteiger partial charge in [0.25, 0.3) is 5.56 Å². The van der Waals surface area contributed by atoms with Crippen LogP contribution in [-0.2, 0) is 6.61 Å². The first kappa shape index (κ1) is 10.6. The average molecular weight is 290 g/mol. The van der Waals surface area contributed by atoms with Crippen LogP contribution in [0.25, 0.3) is 10.8 Å². The quantitative estimate of drug-likeness (QED) is 0.842. The number of aromatic amines is 1. The summed E-state index contributed by atoms with van der Waals surface area (Å²) in [6.45, 7) is -0.250. The number of nitrogens with one attached hydrogen (secondary N) is 1. The fraction of sp³-hybridized carbons (Fsp3) is 0.111. The van der Waals surface area contributed by atoms with Gasteiger partial charge in [0, 0.05) is 9.86 Å². The molecule has 78 valence electrons. The number of hydrogen-bond acceptors (Lipinski definition) is 3. The molecular weight excluding hydrogens is 283 g/mol. The maximum absolute atomic E-state index is 11.5. The average Bonchev–Trinajstić information content (AvgIpc) is 2.17. The highest BCUT2D eigenvalue weighted by Crippen LogP contribution is 2.26. The summed E-state index contributed by atoms with van der Waals surface area (Å²) in [7, 11) is 0. The maximum atomic E-state index is 11.5. The first-order valence-electron chi connectivity index (χ1n) is 4.10. The normalized spacial score (nSPS) is 10.9. The molecule has 15 heavy (non-hydrogen) atoms. The number of aliphatic hydroxyl groups excluding tert-OH is 1. The van der Waals surface area contributed by atoms with E-state index in [1.807, 2.05) is 0 Å². The third kappa shape index (κ3) is 1.78. The fourth-order valence-electron chi connectivity index (χ4n) is 1.39. The molecule has 0 atom stereocenters. The van der Waals surface area contributed by atoms with Crippen LogP contribution >= 0.6 is 27.5 Å². The highest BCUT2D eigenvalue weighted by molar-refractivity contribution is 9.10. The zero-order valence-electron chi connectivity index (χ0n) is 7.42. The van der Waals surface area contributed by atoms with Crippen LogP contribution in [0.3, 0.4) is 0 Å². The van der Waals surface area contributed by atoms with Crippen LogP contribution < -0.4 is 5.56 Å². The monoisotopic (exact) mass is 288 g/mol. The number of aliphatic hydroxyl groups is 1. The van der Waals surface area contributed by atoms with E-state index in [1.165, 1.54) is 0 Å². The van der Waals surface area contributed by atoms with E-state index < -0.39 is 0 Å². The Hall–Kier alpha value is -0.910. The van der Waals surface area contributed by atoms with Gasteiger partial charge in [-0.3, -0.25) is 4.79 Å². The SMILES string of the molecule is O=c1[nH]nc(CO)c2cc(Br)cc(Cl)c12. The molecular formula is C9H6BrClN2O2. The molecule has 0 amide bonds. The van der Waals surface area contributed by atoms with Crippen LogP contribution in [0, 0.1) is 0 Å². The summed E-state index contributed by atoms with van der Waals surface area (Å²) >= 11 is 9.20. The smallest absolute Gasteiger partial charge is 0.273 e. The van der Waals surface area contributed by atoms with Gasteiger partial charge < -0.3 is 5.11 Å². The molecule has 0 radical (unpaired) electrons. The molecule has 0 fully saturated rings. The second-order valence-electron chi connectivity index (χ2n) is 2.97. The van der Waals surface area contributed by atoms with E-state index >= 15 is 0 Å². The van der Waals surface area contributed by atoms with Gasteiger partial charge in [-0.1, -0.05) is 27.5 Å². The topological polar surface area (TPSA) is 66.0 Å². The summed E-state index contributed by atoms with van der Waals surface area (Å²) in [5.41, 5.74) is 0.0347. The minimum Gasteiger partial charge on any atom is -0.390 e. The number of hydrogen-bond donors (Lipinski definition) is 2. The van der Waals surface area contributed by atoms with Gasteiger partial charge in [-0.2, -0.15) is 5.10 Å². The zero-order valence-corrected chi connectivity index (χ0v) is 9.76. The zero-order chi connectivity index (χ0) is 11.0. The molecule has 0 aliphatic heterocycles. The Morgan fingerprint density at radius 2 is 2.27 bits per heavy atom. The van der Waals surface area contributed by atoms with Gasteiger partial charge in [-0.15, -0.1) is 0 Å². The van der Waals surface area contributed by atoms with Crippen LogP contribution in [0.1, 0.15) is 5.69 Å². The Labute approximate surface area is 98.0 Å². The predicted octanol–water partition coefficient (Wildman–Crippen LogP) is 1.83. The Morgan fingerprint density at radius 1 is 1.53 bits per heavy atom. The second-order valence-corrected chi connectivity index (χ2v) is 4.29. The van der Waals surface area contributed by atoms with Crippen molar-refractivity contribution < 1.29 is 5.11 Å². The summed E-state index contributed by atoms with van der Waals surface area (Å²) in [4.78, 5) is 11.5. The highest BCUT2D eigenvalue weighted by atomic mass is 79.9. The summed E-state index contributed by atoms with van der Waals surface area (Å²) in [6, 6.07) is 3.33. The molecule has 0 bridgehead atoms. The first-order chi connectivity index (χ1) is 7.13. The molecule has 0 spiro atoms. The highest BCUT2D eigenvalue weighted by Gasteiger charge is 2.10. The van der Waals surface area contributed by atoms with E-state index in [9.17, 15) is 4.79 Å². The van der Waals surface area contributed by atoms with Crippen LogP contribution in [0.4, 0.5) is 0 Å². The molecule has 2 aromatic rings. The molecule has 2 rings (SSSR count). The van der Waals surface area contributed by atoms with Crippen molar-refractivity contribution in [3.05, 3.63) is 37.7 Å². The van der Waals surface area contributed by atoms with Crippen LogP contribution in [0.2, 0.25) is 5.02 Å². The number of nitrogens with zero attached hydrogens (tertiary/aromatic N) is 1. The van der Waals surface area contributed by atoms with E-state index in [-0.39, 0.29) is 12.2 Å².